The molecular formula is C18H28FNO. The first-order valence-corrected chi connectivity index (χ1v) is 8.32. The molecule has 1 fully saturated rings. The maximum Gasteiger partial charge on any atom is 0.123 e. The molecule has 0 saturated carbocycles. The predicted molar refractivity (Wildman–Crippen MR) is 84.7 cm³/mol. The highest BCUT2D eigenvalue weighted by Crippen LogP contribution is 2.20. The predicted octanol–water partition coefficient (Wildman–Crippen LogP) is 4.24. The van der Waals surface area contributed by atoms with E-state index in [4.69, 9.17) is 4.74 Å². The minimum atomic E-state index is -0.187. The monoisotopic (exact) mass is 293 g/mol. The van der Waals surface area contributed by atoms with Crippen LogP contribution in [-0.4, -0.2) is 31.1 Å². The molecule has 21 heavy (non-hydrogen) atoms. The summed E-state index contributed by atoms with van der Waals surface area (Å²) in [5, 5.41) is 0. The number of halogens is 1. The summed E-state index contributed by atoms with van der Waals surface area (Å²) in [6.45, 7) is 7.42. The van der Waals surface area contributed by atoms with Gasteiger partial charge in [0.15, 0.2) is 0 Å². The lowest BCUT2D eigenvalue weighted by Crippen LogP contribution is -2.22. The lowest BCUT2D eigenvalue weighted by atomic mass is 10.1. The fraction of sp³-hybridized carbons (Fsp3) is 0.667. The van der Waals surface area contributed by atoms with Gasteiger partial charge in [-0.2, -0.15) is 0 Å². The van der Waals surface area contributed by atoms with Crippen LogP contribution >= 0.6 is 0 Å². The Bertz CT molecular complexity index is 393. The molecule has 1 atom stereocenters. The fourth-order valence-electron chi connectivity index (χ4n) is 2.96. The Morgan fingerprint density at radius 3 is 2.81 bits per heavy atom. The van der Waals surface area contributed by atoms with Crippen molar-refractivity contribution in [1.29, 1.82) is 0 Å². The third-order valence-electron chi connectivity index (χ3n) is 4.30. The van der Waals surface area contributed by atoms with E-state index in [9.17, 15) is 4.39 Å². The molecule has 2 rings (SSSR count). The molecule has 0 radical (unpaired) electrons. The first-order valence-electron chi connectivity index (χ1n) is 8.32. The number of likely N-dealkylation sites (tertiary alicyclic amines) is 1. The summed E-state index contributed by atoms with van der Waals surface area (Å²) in [7, 11) is 0. The molecule has 1 aliphatic heterocycles. The Morgan fingerprint density at radius 1 is 1.24 bits per heavy atom. The van der Waals surface area contributed by atoms with Crippen molar-refractivity contribution in [3.8, 4) is 0 Å². The van der Waals surface area contributed by atoms with Gasteiger partial charge in [0, 0.05) is 13.2 Å². The number of rotatable bonds is 9. The van der Waals surface area contributed by atoms with Gasteiger partial charge in [-0.25, -0.2) is 4.39 Å². The highest BCUT2D eigenvalue weighted by atomic mass is 19.1. The first-order chi connectivity index (χ1) is 10.3. The zero-order valence-corrected chi connectivity index (χ0v) is 13.2. The smallest absolute Gasteiger partial charge is 0.123 e. The van der Waals surface area contributed by atoms with Crippen LogP contribution in [0.4, 0.5) is 4.39 Å². The first kappa shape index (κ1) is 16.4. The van der Waals surface area contributed by atoms with Crippen molar-refractivity contribution in [2.45, 2.75) is 45.6 Å². The van der Waals surface area contributed by atoms with Crippen LogP contribution in [0.15, 0.2) is 24.3 Å². The molecule has 0 N–H and O–H groups in total. The minimum absolute atomic E-state index is 0.187. The largest absolute Gasteiger partial charge is 0.377 e. The van der Waals surface area contributed by atoms with Gasteiger partial charge in [-0.15, -0.1) is 0 Å². The van der Waals surface area contributed by atoms with Crippen LogP contribution in [0.2, 0.25) is 0 Å². The van der Waals surface area contributed by atoms with Crippen LogP contribution in [0.5, 0.6) is 0 Å². The van der Waals surface area contributed by atoms with Crippen molar-refractivity contribution in [2.75, 3.05) is 26.2 Å². The summed E-state index contributed by atoms with van der Waals surface area (Å²) in [6, 6.07) is 6.56. The van der Waals surface area contributed by atoms with E-state index in [2.05, 4.69) is 11.8 Å². The van der Waals surface area contributed by atoms with Gasteiger partial charge in [-0.3, -0.25) is 0 Å². The average Bonchev–Trinajstić information content (AvgIpc) is 2.94. The van der Waals surface area contributed by atoms with Crippen LogP contribution in [-0.2, 0) is 11.3 Å². The van der Waals surface area contributed by atoms with Crippen LogP contribution in [0.3, 0.4) is 0 Å². The number of hydrogen-bond acceptors (Lipinski definition) is 2. The Labute approximate surface area is 128 Å². The molecule has 0 aromatic heterocycles. The topological polar surface area (TPSA) is 12.5 Å². The molecule has 0 bridgehead atoms. The number of nitrogens with zero attached hydrogens (tertiary/aromatic N) is 1. The second kappa shape index (κ2) is 9.16. The number of unbranched alkanes of at least 4 members (excludes halogenated alkanes) is 2. The van der Waals surface area contributed by atoms with E-state index in [-0.39, 0.29) is 5.82 Å². The van der Waals surface area contributed by atoms with E-state index >= 15 is 0 Å². The van der Waals surface area contributed by atoms with E-state index < -0.39 is 0 Å². The number of hydrogen-bond donors (Lipinski definition) is 0. The van der Waals surface area contributed by atoms with E-state index in [0.717, 1.165) is 24.5 Å². The highest BCUT2D eigenvalue weighted by Gasteiger charge is 2.21. The summed E-state index contributed by atoms with van der Waals surface area (Å²) in [5.41, 5.74) is 1.05. The summed E-state index contributed by atoms with van der Waals surface area (Å²) in [6.07, 6.45) is 6.44. The van der Waals surface area contributed by atoms with Crippen LogP contribution < -0.4 is 0 Å². The van der Waals surface area contributed by atoms with Gasteiger partial charge >= 0.3 is 0 Å². The lowest BCUT2D eigenvalue weighted by molar-refractivity contribution is 0.107. The van der Waals surface area contributed by atoms with Gasteiger partial charge < -0.3 is 9.64 Å². The minimum Gasteiger partial charge on any atom is -0.377 e. The Hall–Kier alpha value is -0.930. The molecule has 1 heterocycles. The molecule has 2 nitrogen and oxygen atoms in total. The average molecular weight is 293 g/mol. The summed E-state index contributed by atoms with van der Waals surface area (Å²) < 4.78 is 18.5. The van der Waals surface area contributed by atoms with Gasteiger partial charge in [0.2, 0.25) is 0 Å². The standard InChI is InChI=1S/C18H28FNO/c1-2-3-4-11-20-12-9-16(14-20)10-13-21-15-17-5-7-18(19)8-6-17/h5-8,16H,2-4,9-15H2,1H3. The van der Waals surface area contributed by atoms with Gasteiger partial charge in [-0.05, 0) is 56.0 Å². The molecule has 3 heteroatoms. The quantitative estimate of drug-likeness (QED) is 0.631. The van der Waals surface area contributed by atoms with Crippen molar-refractivity contribution in [1.82, 2.24) is 4.90 Å². The van der Waals surface area contributed by atoms with Crippen molar-refractivity contribution in [3.05, 3.63) is 35.6 Å². The fourth-order valence-corrected chi connectivity index (χ4v) is 2.96. The van der Waals surface area contributed by atoms with Crippen LogP contribution in [0.25, 0.3) is 0 Å². The van der Waals surface area contributed by atoms with E-state index in [1.165, 1.54) is 57.5 Å². The van der Waals surface area contributed by atoms with Gasteiger partial charge in [-0.1, -0.05) is 31.9 Å². The maximum atomic E-state index is 12.8. The zero-order chi connectivity index (χ0) is 14.9. The van der Waals surface area contributed by atoms with Crippen molar-refractivity contribution >= 4 is 0 Å². The van der Waals surface area contributed by atoms with E-state index in [0.29, 0.717) is 6.61 Å². The summed E-state index contributed by atoms with van der Waals surface area (Å²) in [5.74, 6) is 0.604. The second-order valence-electron chi connectivity index (χ2n) is 6.13. The normalized spacial score (nSPS) is 19.2. The molecule has 0 amide bonds. The number of benzene rings is 1. The molecule has 0 aliphatic carbocycles. The van der Waals surface area contributed by atoms with Crippen LogP contribution in [0.1, 0.15) is 44.6 Å². The van der Waals surface area contributed by atoms with Crippen molar-refractivity contribution in [2.24, 2.45) is 5.92 Å². The van der Waals surface area contributed by atoms with Crippen molar-refractivity contribution < 1.29 is 9.13 Å². The molecular weight excluding hydrogens is 265 g/mol. The third kappa shape index (κ3) is 6.15. The third-order valence-corrected chi connectivity index (χ3v) is 4.30. The van der Waals surface area contributed by atoms with Gasteiger partial charge in [0.25, 0.3) is 0 Å². The van der Waals surface area contributed by atoms with Gasteiger partial charge in [0.05, 0.1) is 6.61 Å². The van der Waals surface area contributed by atoms with Crippen molar-refractivity contribution in [3.63, 3.8) is 0 Å². The molecule has 1 aromatic rings. The summed E-state index contributed by atoms with van der Waals surface area (Å²) in [4.78, 5) is 2.60. The molecule has 118 valence electrons. The molecule has 1 unspecified atom stereocenters. The zero-order valence-electron chi connectivity index (χ0n) is 13.2. The summed E-state index contributed by atoms with van der Waals surface area (Å²) >= 11 is 0. The van der Waals surface area contributed by atoms with E-state index in [1.807, 2.05) is 0 Å². The van der Waals surface area contributed by atoms with Crippen LogP contribution in [0, 0.1) is 11.7 Å². The molecule has 0 spiro atoms. The van der Waals surface area contributed by atoms with E-state index in [1.54, 1.807) is 12.1 Å². The second-order valence-corrected chi connectivity index (χ2v) is 6.13. The lowest BCUT2D eigenvalue weighted by Gasteiger charge is -2.15. The Balaban J connectivity index is 1.54. The van der Waals surface area contributed by atoms with Gasteiger partial charge in [0.1, 0.15) is 5.82 Å². The molecule has 1 saturated heterocycles. The molecule has 1 aromatic carbocycles. The maximum absolute atomic E-state index is 12.8. The highest BCUT2D eigenvalue weighted by molar-refractivity contribution is 5.14. The Kier molecular flexibility index (Phi) is 7.17. The SMILES string of the molecule is CCCCCN1CCC(CCOCc2ccc(F)cc2)C1. The Morgan fingerprint density at radius 2 is 2.05 bits per heavy atom. The molecule has 1 aliphatic rings. The number of ether oxygens (including phenoxy) is 1.